The molecule has 2 nitrogen and oxygen atoms in total. The summed E-state index contributed by atoms with van der Waals surface area (Å²) in [5, 5.41) is 4.63. The Kier molecular flexibility index (Phi) is 2.56. The summed E-state index contributed by atoms with van der Waals surface area (Å²) in [6.45, 7) is 0. The fourth-order valence-corrected chi connectivity index (χ4v) is 2.71. The number of piperidine rings is 1. The maximum atomic E-state index is 13.4. The highest BCUT2D eigenvalue weighted by Crippen LogP contribution is 2.31. The van der Waals surface area contributed by atoms with Crippen LogP contribution in [0.4, 0.5) is 4.39 Å². The number of benzene rings is 1. The number of hydrogen-bond acceptors (Lipinski definition) is 1. The number of hydrogen-bond donors (Lipinski definition) is 0. The maximum absolute atomic E-state index is 13.4. The largest absolute Gasteiger partial charge is 0.487 e. The molecule has 0 amide bonds. The predicted molar refractivity (Wildman–Crippen MR) is 59.0 cm³/mol. The molecule has 2 atom stereocenters. The molecule has 2 unspecified atom stereocenters. The van der Waals surface area contributed by atoms with Gasteiger partial charge < -0.3 is 4.74 Å². The van der Waals surface area contributed by atoms with Crippen LogP contribution in [-0.2, 0) is 0 Å². The van der Waals surface area contributed by atoms with E-state index in [0.717, 1.165) is 12.8 Å². The van der Waals surface area contributed by atoms with Crippen LogP contribution in [-0.4, -0.2) is 18.2 Å². The van der Waals surface area contributed by atoms with Crippen molar-refractivity contribution < 1.29 is 9.13 Å². The third kappa shape index (κ3) is 1.92. The van der Waals surface area contributed by atoms with Crippen LogP contribution in [0.15, 0.2) is 24.3 Å². The van der Waals surface area contributed by atoms with E-state index in [1.807, 2.05) is 0 Å². The molecule has 1 radical (unpaired) electrons. The van der Waals surface area contributed by atoms with Gasteiger partial charge in [0.15, 0.2) is 11.6 Å². The summed E-state index contributed by atoms with van der Waals surface area (Å²) in [6.07, 6.45) is 4.41. The summed E-state index contributed by atoms with van der Waals surface area (Å²) in [6, 6.07) is 7.54. The summed E-state index contributed by atoms with van der Waals surface area (Å²) in [5.41, 5.74) is 0. The normalized spacial score (nSPS) is 32.7. The lowest BCUT2D eigenvalue weighted by Gasteiger charge is -2.28. The molecule has 2 bridgehead atoms. The summed E-state index contributed by atoms with van der Waals surface area (Å²) in [7, 11) is 0. The molecular formula is C13H15FNO. The van der Waals surface area contributed by atoms with Gasteiger partial charge in [-0.15, -0.1) is 0 Å². The van der Waals surface area contributed by atoms with Crippen LogP contribution in [0.5, 0.6) is 5.75 Å². The second-order valence-corrected chi connectivity index (χ2v) is 4.68. The quantitative estimate of drug-likeness (QED) is 0.751. The highest BCUT2D eigenvalue weighted by Gasteiger charge is 2.35. The van der Waals surface area contributed by atoms with E-state index < -0.39 is 0 Å². The number of para-hydroxylation sites is 1. The zero-order valence-corrected chi connectivity index (χ0v) is 9.10. The molecule has 3 heteroatoms. The average Bonchev–Trinajstić information content (AvgIpc) is 2.62. The van der Waals surface area contributed by atoms with Crippen molar-refractivity contribution in [3.05, 3.63) is 30.1 Å². The zero-order valence-electron chi connectivity index (χ0n) is 9.10. The van der Waals surface area contributed by atoms with Crippen molar-refractivity contribution in [3.8, 4) is 5.75 Å². The smallest absolute Gasteiger partial charge is 0.165 e. The van der Waals surface area contributed by atoms with Crippen molar-refractivity contribution in [1.29, 1.82) is 0 Å². The van der Waals surface area contributed by atoms with Gasteiger partial charge >= 0.3 is 0 Å². The van der Waals surface area contributed by atoms with Crippen molar-refractivity contribution in [2.75, 3.05) is 0 Å². The van der Waals surface area contributed by atoms with E-state index >= 15 is 0 Å². The van der Waals surface area contributed by atoms with Gasteiger partial charge in [-0.25, -0.2) is 9.71 Å². The molecule has 2 aliphatic rings. The fraction of sp³-hybridized carbons (Fsp3) is 0.538. The standard InChI is InChI=1S/C13H15FNO/c14-12-3-1-2-4-13(12)16-11-7-9-5-6-10(8-11)15-9/h1-4,9-11H,5-8H2. The molecule has 0 spiro atoms. The monoisotopic (exact) mass is 220 g/mol. The maximum Gasteiger partial charge on any atom is 0.165 e. The van der Waals surface area contributed by atoms with E-state index in [4.69, 9.17) is 4.74 Å². The van der Waals surface area contributed by atoms with Crippen LogP contribution in [0.2, 0.25) is 0 Å². The van der Waals surface area contributed by atoms with Crippen molar-refractivity contribution >= 4 is 0 Å². The zero-order chi connectivity index (χ0) is 11.0. The number of ether oxygens (including phenoxy) is 1. The van der Waals surface area contributed by atoms with Crippen molar-refractivity contribution in [2.24, 2.45) is 0 Å². The summed E-state index contributed by atoms with van der Waals surface area (Å²) < 4.78 is 19.1. The molecule has 1 aromatic carbocycles. The minimum absolute atomic E-state index is 0.145. The number of nitrogens with zero attached hydrogens (tertiary/aromatic N) is 1. The Morgan fingerprint density at radius 3 is 2.50 bits per heavy atom. The van der Waals surface area contributed by atoms with E-state index in [1.54, 1.807) is 18.2 Å². The Morgan fingerprint density at radius 2 is 1.81 bits per heavy atom. The lowest BCUT2D eigenvalue weighted by atomic mass is 10.0. The first-order valence-corrected chi connectivity index (χ1v) is 5.92. The molecule has 2 aliphatic heterocycles. The first kappa shape index (κ1) is 10.1. The molecule has 2 fully saturated rings. The van der Waals surface area contributed by atoms with Crippen molar-refractivity contribution in [3.63, 3.8) is 0 Å². The van der Waals surface area contributed by atoms with E-state index in [9.17, 15) is 4.39 Å². The lowest BCUT2D eigenvalue weighted by molar-refractivity contribution is 0.130. The van der Waals surface area contributed by atoms with Gasteiger partial charge in [0.25, 0.3) is 0 Å². The van der Waals surface area contributed by atoms with Gasteiger partial charge in [-0.1, -0.05) is 12.1 Å². The van der Waals surface area contributed by atoms with Gasteiger partial charge in [0.2, 0.25) is 0 Å². The minimum Gasteiger partial charge on any atom is -0.487 e. The minimum atomic E-state index is -0.266. The van der Waals surface area contributed by atoms with Crippen LogP contribution < -0.4 is 10.1 Å². The van der Waals surface area contributed by atoms with E-state index in [-0.39, 0.29) is 11.9 Å². The van der Waals surface area contributed by atoms with Gasteiger partial charge in [-0.2, -0.15) is 0 Å². The molecule has 0 saturated carbocycles. The van der Waals surface area contributed by atoms with Gasteiger partial charge in [0.1, 0.15) is 6.10 Å². The van der Waals surface area contributed by atoms with Crippen molar-refractivity contribution in [1.82, 2.24) is 5.32 Å². The molecule has 2 heterocycles. The molecule has 0 aliphatic carbocycles. The molecule has 3 rings (SSSR count). The van der Waals surface area contributed by atoms with Gasteiger partial charge in [0.05, 0.1) is 0 Å². The van der Waals surface area contributed by atoms with E-state index in [0.29, 0.717) is 17.8 Å². The Bertz CT molecular complexity index is 370. The number of fused-ring (bicyclic) bond motifs is 2. The Labute approximate surface area is 94.8 Å². The lowest BCUT2D eigenvalue weighted by Crippen LogP contribution is -2.38. The third-order valence-electron chi connectivity index (χ3n) is 3.45. The summed E-state index contributed by atoms with van der Waals surface area (Å²) in [5.74, 6) is 0.117. The SMILES string of the molecule is Fc1ccccc1OC1CC2CCC(C1)[N]2. The van der Waals surface area contributed by atoms with Gasteiger partial charge in [-0.3, -0.25) is 0 Å². The van der Waals surface area contributed by atoms with Crippen molar-refractivity contribution in [2.45, 2.75) is 43.9 Å². The molecule has 0 N–H and O–H groups in total. The number of halogens is 1. The molecule has 1 aromatic rings. The average molecular weight is 220 g/mol. The Balaban J connectivity index is 1.69. The van der Waals surface area contributed by atoms with Gasteiger partial charge in [-0.05, 0) is 25.0 Å². The topological polar surface area (TPSA) is 23.3 Å². The van der Waals surface area contributed by atoms with Crippen LogP contribution >= 0.6 is 0 Å². The van der Waals surface area contributed by atoms with Crippen LogP contribution in [0.3, 0.4) is 0 Å². The molecule has 0 aromatic heterocycles. The fourth-order valence-electron chi connectivity index (χ4n) is 2.71. The summed E-state index contributed by atoms with van der Waals surface area (Å²) in [4.78, 5) is 0. The molecular weight excluding hydrogens is 205 g/mol. The second kappa shape index (κ2) is 4.06. The van der Waals surface area contributed by atoms with E-state index in [1.165, 1.54) is 18.9 Å². The van der Waals surface area contributed by atoms with Crippen LogP contribution in [0.1, 0.15) is 25.7 Å². The van der Waals surface area contributed by atoms with Gasteiger partial charge in [0, 0.05) is 24.9 Å². The third-order valence-corrected chi connectivity index (χ3v) is 3.45. The predicted octanol–water partition coefficient (Wildman–Crippen LogP) is 2.50. The second-order valence-electron chi connectivity index (χ2n) is 4.68. The first-order valence-electron chi connectivity index (χ1n) is 5.92. The number of rotatable bonds is 2. The molecule has 16 heavy (non-hydrogen) atoms. The Morgan fingerprint density at radius 1 is 1.12 bits per heavy atom. The summed E-state index contributed by atoms with van der Waals surface area (Å²) >= 11 is 0. The van der Waals surface area contributed by atoms with Crippen LogP contribution in [0, 0.1) is 5.82 Å². The highest BCUT2D eigenvalue weighted by molar-refractivity contribution is 5.24. The highest BCUT2D eigenvalue weighted by atomic mass is 19.1. The van der Waals surface area contributed by atoms with E-state index in [2.05, 4.69) is 5.32 Å². The van der Waals surface area contributed by atoms with Crippen LogP contribution in [0.25, 0.3) is 0 Å². The molecule has 2 saturated heterocycles. The molecule has 85 valence electrons. The Hall–Kier alpha value is -1.09. The first-order chi connectivity index (χ1) is 7.81.